The van der Waals surface area contributed by atoms with Gasteiger partial charge in [-0.2, -0.15) is 4.98 Å². The Bertz CT molecular complexity index is 666. The number of aryl methyl sites for hydroxylation is 2. The van der Waals surface area contributed by atoms with Crippen LogP contribution in [-0.4, -0.2) is 39.8 Å². The summed E-state index contributed by atoms with van der Waals surface area (Å²) in [5.41, 5.74) is 1.41. The minimum Gasteiger partial charge on any atom is -0.342 e. The first kappa shape index (κ1) is 18.0. The predicted octanol–water partition coefficient (Wildman–Crippen LogP) is 3.48. The van der Waals surface area contributed by atoms with Crippen LogP contribution >= 0.6 is 11.8 Å². The van der Waals surface area contributed by atoms with E-state index in [2.05, 4.69) is 40.5 Å². The first-order valence-corrected chi connectivity index (χ1v) is 10.0. The van der Waals surface area contributed by atoms with E-state index in [9.17, 15) is 4.79 Å². The summed E-state index contributed by atoms with van der Waals surface area (Å²) in [6.45, 7) is 3.55. The number of hydrogen-bond donors (Lipinski definition) is 0. The van der Waals surface area contributed by atoms with Crippen molar-refractivity contribution in [3.05, 3.63) is 47.6 Å². The van der Waals surface area contributed by atoms with Crippen LogP contribution in [-0.2, 0) is 17.0 Å². The molecular formula is C19H25N3O2S. The van der Waals surface area contributed by atoms with Crippen LogP contribution in [0, 0.1) is 12.8 Å². The lowest BCUT2D eigenvalue weighted by Crippen LogP contribution is -2.39. The quantitative estimate of drug-likeness (QED) is 0.757. The molecule has 0 unspecified atom stereocenters. The number of likely N-dealkylation sites (tertiary alicyclic amines) is 1. The highest BCUT2D eigenvalue weighted by atomic mass is 32.2. The number of thioether (sulfide) groups is 1. The zero-order chi connectivity index (χ0) is 17.5. The highest BCUT2D eigenvalue weighted by Crippen LogP contribution is 2.23. The maximum absolute atomic E-state index is 12.3. The molecule has 1 fully saturated rings. The van der Waals surface area contributed by atoms with Crippen LogP contribution < -0.4 is 0 Å². The first-order valence-electron chi connectivity index (χ1n) is 8.89. The van der Waals surface area contributed by atoms with Crippen molar-refractivity contribution in [2.75, 3.05) is 18.8 Å². The molecule has 0 aliphatic carbocycles. The van der Waals surface area contributed by atoms with Crippen LogP contribution in [0.4, 0.5) is 0 Å². The van der Waals surface area contributed by atoms with E-state index in [-0.39, 0.29) is 5.91 Å². The maximum Gasteiger partial charge on any atom is 0.232 e. The number of amides is 1. The van der Waals surface area contributed by atoms with Crippen molar-refractivity contribution < 1.29 is 9.32 Å². The predicted molar refractivity (Wildman–Crippen MR) is 99.3 cm³/mol. The fourth-order valence-corrected chi connectivity index (χ4v) is 3.97. The summed E-state index contributed by atoms with van der Waals surface area (Å²) >= 11 is 1.55. The topological polar surface area (TPSA) is 59.2 Å². The van der Waals surface area contributed by atoms with Gasteiger partial charge in [-0.1, -0.05) is 35.5 Å². The maximum atomic E-state index is 12.3. The average Bonchev–Trinajstić information content (AvgIpc) is 3.06. The van der Waals surface area contributed by atoms with E-state index in [1.54, 1.807) is 18.7 Å². The number of carbonyl (C=O) groups excluding carboxylic acids is 1. The molecule has 0 bridgehead atoms. The van der Waals surface area contributed by atoms with Crippen LogP contribution in [0.25, 0.3) is 0 Å². The SMILES string of the molecule is Cc1nc(CSCC(=O)N2CCC(CCc3ccccc3)CC2)no1. The van der Waals surface area contributed by atoms with Crippen molar-refractivity contribution >= 4 is 17.7 Å². The Hall–Kier alpha value is -1.82. The van der Waals surface area contributed by atoms with E-state index < -0.39 is 0 Å². The van der Waals surface area contributed by atoms with Gasteiger partial charge in [0.15, 0.2) is 5.82 Å². The molecule has 1 aromatic heterocycles. The smallest absolute Gasteiger partial charge is 0.232 e. The van der Waals surface area contributed by atoms with Gasteiger partial charge >= 0.3 is 0 Å². The van der Waals surface area contributed by atoms with E-state index in [1.165, 1.54) is 12.0 Å². The second kappa shape index (κ2) is 9.04. The number of hydrogen-bond acceptors (Lipinski definition) is 5. The van der Waals surface area contributed by atoms with Gasteiger partial charge in [0.05, 0.1) is 11.5 Å². The van der Waals surface area contributed by atoms with Gasteiger partial charge in [-0.15, -0.1) is 11.8 Å². The molecule has 6 heteroatoms. The summed E-state index contributed by atoms with van der Waals surface area (Å²) in [4.78, 5) is 18.5. The molecule has 1 aliphatic heterocycles. The molecule has 25 heavy (non-hydrogen) atoms. The van der Waals surface area contributed by atoms with Gasteiger partial charge < -0.3 is 9.42 Å². The second-order valence-electron chi connectivity index (χ2n) is 6.57. The molecule has 0 saturated carbocycles. The van der Waals surface area contributed by atoms with Gasteiger partial charge in [-0.25, -0.2) is 0 Å². The summed E-state index contributed by atoms with van der Waals surface area (Å²) < 4.78 is 4.94. The standard InChI is InChI=1S/C19H25N3O2S/c1-15-20-18(21-24-15)13-25-14-19(23)22-11-9-17(10-12-22)8-7-16-5-3-2-4-6-16/h2-6,17H,7-14H2,1H3. The molecule has 2 aromatic rings. The van der Waals surface area contributed by atoms with E-state index in [1.807, 2.05) is 4.90 Å². The normalized spacial score (nSPS) is 15.5. The largest absolute Gasteiger partial charge is 0.342 e. The highest BCUT2D eigenvalue weighted by Gasteiger charge is 2.22. The molecular weight excluding hydrogens is 334 g/mol. The lowest BCUT2D eigenvalue weighted by Gasteiger charge is -2.32. The third kappa shape index (κ3) is 5.59. The Morgan fingerprint density at radius 1 is 1.28 bits per heavy atom. The fourth-order valence-electron chi connectivity index (χ4n) is 3.21. The van der Waals surface area contributed by atoms with Gasteiger partial charge in [-0.05, 0) is 37.2 Å². The number of carbonyl (C=O) groups is 1. The lowest BCUT2D eigenvalue weighted by atomic mass is 9.90. The van der Waals surface area contributed by atoms with Crippen LogP contribution in [0.5, 0.6) is 0 Å². The summed E-state index contributed by atoms with van der Waals surface area (Å²) in [7, 11) is 0. The molecule has 1 aromatic carbocycles. The van der Waals surface area contributed by atoms with Crippen molar-refractivity contribution in [2.45, 2.75) is 38.4 Å². The average molecular weight is 359 g/mol. The monoisotopic (exact) mass is 359 g/mol. The summed E-state index contributed by atoms with van der Waals surface area (Å²) in [5, 5.41) is 3.85. The zero-order valence-corrected chi connectivity index (χ0v) is 15.5. The number of benzene rings is 1. The van der Waals surface area contributed by atoms with Crippen molar-refractivity contribution in [2.24, 2.45) is 5.92 Å². The first-order chi connectivity index (χ1) is 12.2. The Labute approximate surface area is 153 Å². The number of aromatic nitrogens is 2. The third-order valence-corrected chi connectivity index (χ3v) is 5.59. The van der Waals surface area contributed by atoms with Crippen molar-refractivity contribution in [3.63, 3.8) is 0 Å². The Kier molecular flexibility index (Phi) is 6.50. The number of piperidine rings is 1. The molecule has 1 aliphatic rings. The van der Waals surface area contributed by atoms with Crippen molar-refractivity contribution in [3.8, 4) is 0 Å². The van der Waals surface area contributed by atoms with Gasteiger partial charge in [0.2, 0.25) is 11.8 Å². The van der Waals surface area contributed by atoms with Crippen molar-refractivity contribution in [1.29, 1.82) is 0 Å². The highest BCUT2D eigenvalue weighted by molar-refractivity contribution is 7.99. The minimum absolute atomic E-state index is 0.228. The fraction of sp³-hybridized carbons (Fsp3) is 0.526. The molecule has 1 saturated heterocycles. The Balaban J connectivity index is 1.33. The third-order valence-electron chi connectivity index (χ3n) is 4.68. The van der Waals surface area contributed by atoms with E-state index in [0.717, 1.165) is 38.3 Å². The molecule has 0 radical (unpaired) electrons. The molecule has 2 heterocycles. The van der Waals surface area contributed by atoms with E-state index in [4.69, 9.17) is 4.52 Å². The Morgan fingerprint density at radius 3 is 2.72 bits per heavy atom. The molecule has 1 amide bonds. The molecule has 0 N–H and O–H groups in total. The van der Waals surface area contributed by atoms with Crippen LogP contribution in [0.3, 0.4) is 0 Å². The van der Waals surface area contributed by atoms with Gasteiger partial charge in [-0.3, -0.25) is 4.79 Å². The molecule has 0 atom stereocenters. The van der Waals surface area contributed by atoms with Crippen molar-refractivity contribution in [1.82, 2.24) is 15.0 Å². The second-order valence-corrected chi connectivity index (χ2v) is 7.56. The summed E-state index contributed by atoms with van der Waals surface area (Å²) in [6.07, 6.45) is 4.60. The summed E-state index contributed by atoms with van der Waals surface area (Å²) in [5.74, 6) is 3.30. The van der Waals surface area contributed by atoms with Crippen LogP contribution in [0.15, 0.2) is 34.9 Å². The number of rotatable bonds is 7. The molecule has 134 valence electrons. The van der Waals surface area contributed by atoms with E-state index in [0.29, 0.717) is 23.2 Å². The van der Waals surface area contributed by atoms with Crippen LogP contribution in [0.2, 0.25) is 0 Å². The van der Waals surface area contributed by atoms with Gasteiger partial charge in [0.25, 0.3) is 0 Å². The zero-order valence-electron chi connectivity index (χ0n) is 14.7. The number of nitrogens with zero attached hydrogens (tertiary/aromatic N) is 3. The minimum atomic E-state index is 0.228. The van der Waals surface area contributed by atoms with Crippen LogP contribution in [0.1, 0.15) is 36.5 Å². The molecule has 5 nitrogen and oxygen atoms in total. The molecule has 0 spiro atoms. The van der Waals surface area contributed by atoms with Gasteiger partial charge in [0, 0.05) is 20.0 Å². The van der Waals surface area contributed by atoms with Gasteiger partial charge in [0.1, 0.15) is 0 Å². The van der Waals surface area contributed by atoms with E-state index >= 15 is 0 Å². The molecule has 3 rings (SSSR count). The Morgan fingerprint density at radius 2 is 2.04 bits per heavy atom. The lowest BCUT2D eigenvalue weighted by molar-refractivity contribution is -0.129. The summed E-state index contributed by atoms with van der Waals surface area (Å²) in [6, 6.07) is 10.7.